The Kier molecular flexibility index (Phi) is 1.62. The summed E-state index contributed by atoms with van der Waals surface area (Å²) in [7, 11) is 0. The van der Waals surface area contributed by atoms with Crippen LogP contribution in [0.5, 0.6) is 0 Å². The second-order valence-corrected chi connectivity index (χ2v) is 3.33. The summed E-state index contributed by atoms with van der Waals surface area (Å²) in [4.78, 5) is 15.9. The zero-order valence-corrected chi connectivity index (χ0v) is 7.61. The van der Waals surface area contributed by atoms with E-state index in [1.54, 1.807) is 6.92 Å². The van der Waals surface area contributed by atoms with E-state index in [0.717, 1.165) is 4.52 Å². The Morgan fingerprint density at radius 2 is 2.42 bits per heavy atom. The van der Waals surface area contributed by atoms with Crippen LogP contribution in [0.15, 0.2) is 4.79 Å². The van der Waals surface area contributed by atoms with Crippen molar-refractivity contribution in [1.29, 1.82) is 0 Å². The monoisotopic (exact) mass is 200 g/mol. The van der Waals surface area contributed by atoms with E-state index in [4.69, 9.17) is 11.6 Å². The molecule has 2 rings (SSSR count). The summed E-state index contributed by atoms with van der Waals surface area (Å²) in [6, 6.07) is 0. The molecule has 0 spiro atoms. The van der Waals surface area contributed by atoms with Crippen LogP contribution in [0.2, 0.25) is 5.02 Å². The fourth-order valence-corrected chi connectivity index (χ4v) is 1.55. The predicted molar refractivity (Wildman–Crippen MR) is 45.7 cm³/mol. The maximum atomic E-state index is 11.3. The van der Waals surface area contributed by atoms with Crippen LogP contribution in [-0.4, -0.2) is 14.6 Å². The Labute approximate surface area is 76.4 Å². The Hall–Kier alpha value is -0.940. The summed E-state index contributed by atoms with van der Waals surface area (Å²) < 4.78 is 1.14. The van der Waals surface area contributed by atoms with E-state index in [9.17, 15) is 4.79 Å². The number of halogens is 1. The second-order valence-electron chi connectivity index (χ2n) is 2.20. The molecule has 0 aliphatic rings. The molecule has 0 N–H and O–H groups in total. The quantitative estimate of drug-likeness (QED) is 0.635. The van der Waals surface area contributed by atoms with Gasteiger partial charge in [-0.1, -0.05) is 22.9 Å². The Morgan fingerprint density at radius 1 is 1.67 bits per heavy atom. The molecule has 0 fully saturated rings. The van der Waals surface area contributed by atoms with Crippen LogP contribution in [0.1, 0.15) is 5.69 Å². The maximum Gasteiger partial charge on any atom is 0.294 e. The van der Waals surface area contributed by atoms with Crippen LogP contribution >= 0.6 is 22.9 Å². The molecule has 0 aliphatic heterocycles. The lowest BCUT2D eigenvalue weighted by atomic mass is 10.4. The van der Waals surface area contributed by atoms with Gasteiger partial charge in [-0.05, 0) is 6.92 Å². The minimum absolute atomic E-state index is 0.117. The molecule has 0 aliphatic carbocycles. The first-order valence-corrected chi connectivity index (χ1v) is 4.31. The fourth-order valence-electron chi connectivity index (χ4n) is 0.831. The van der Waals surface area contributed by atoms with Crippen molar-refractivity contribution in [1.82, 2.24) is 14.6 Å². The van der Waals surface area contributed by atoms with Gasteiger partial charge in [-0.3, -0.25) is 4.79 Å². The van der Waals surface area contributed by atoms with E-state index in [-0.39, 0.29) is 10.6 Å². The van der Waals surface area contributed by atoms with Crippen LogP contribution in [0.3, 0.4) is 0 Å². The van der Waals surface area contributed by atoms with E-state index in [2.05, 4.69) is 15.6 Å². The smallest absolute Gasteiger partial charge is 0.266 e. The zero-order valence-electron chi connectivity index (χ0n) is 6.04. The molecule has 4 nitrogen and oxygen atoms in total. The summed E-state index contributed by atoms with van der Waals surface area (Å²) >= 11 is 6.85. The average Bonchev–Trinajstić information content (AvgIpc) is 2.48. The molecule has 6 heteroatoms. The topological polar surface area (TPSA) is 47.3 Å². The third-order valence-electron chi connectivity index (χ3n) is 1.42. The zero-order chi connectivity index (χ0) is 8.72. The van der Waals surface area contributed by atoms with Gasteiger partial charge in [0.15, 0.2) is 5.51 Å². The number of aromatic nitrogens is 3. The number of hydrogen-bond acceptors (Lipinski definition) is 4. The summed E-state index contributed by atoms with van der Waals surface area (Å²) in [6.07, 6.45) is 0. The minimum Gasteiger partial charge on any atom is -0.266 e. The van der Waals surface area contributed by atoms with Crippen molar-refractivity contribution in [2.24, 2.45) is 0 Å². The van der Waals surface area contributed by atoms with Crippen LogP contribution in [-0.2, 0) is 0 Å². The molecule has 61 valence electrons. The van der Waals surface area contributed by atoms with Gasteiger partial charge in [0.25, 0.3) is 5.56 Å². The molecule has 12 heavy (non-hydrogen) atoms. The van der Waals surface area contributed by atoms with Crippen molar-refractivity contribution in [3.8, 4) is 0 Å². The molecule has 0 saturated heterocycles. The molecule has 0 unspecified atom stereocenters. The molecule has 0 aromatic carbocycles. The summed E-state index contributed by atoms with van der Waals surface area (Å²) in [5.41, 5.74) is 2.76. The molecule has 1 radical (unpaired) electrons. The van der Waals surface area contributed by atoms with Crippen molar-refractivity contribution >= 4 is 27.9 Å². The molecule has 2 aromatic heterocycles. The van der Waals surface area contributed by atoms with Crippen molar-refractivity contribution in [3.63, 3.8) is 0 Å². The second kappa shape index (κ2) is 2.53. The largest absolute Gasteiger partial charge is 0.294 e. The third kappa shape index (κ3) is 0.937. The van der Waals surface area contributed by atoms with Gasteiger partial charge in [0.1, 0.15) is 5.02 Å². The van der Waals surface area contributed by atoms with Gasteiger partial charge in [0.05, 0.1) is 5.69 Å². The van der Waals surface area contributed by atoms with Crippen LogP contribution in [0, 0.1) is 12.4 Å². The Morgan fingerprint density at radius 3 is 3.17 bits per heavy atom. The number of hydrogen-bond donors (Lipinski definition) is 0. The normalized spacial score (nSPS) is 10.8. The van der Waals surface area contributed by atoms with Crippen molar-refractivity contribution in [2.75, 3.05) is 0 Å². The molecule has 0 atom stereocenters. The van der Waals surface area contributed by atoms with Gasteiger partial charge in [0, 0.05) is 0 Å². The lowest BCUT2D eigenvalue weighted by molar-refractivity contribution is 0.887. The number of fused-ring (bicyclic) bond motifs is 1. The molecule has 0 amide bonds. The van der Waals surface area contributed by atoms with Crippen LogP contribution < -0.4 is 5.56 Å². The van der Waals surface area contributed by atoms with E-state index in [1.165, 1.54) is 11.3 Å². The molecule has 0 bridgehead atoms. The highest BCUT2D eigenvalue weighted by atomic mass is 35.5. The van der Waals surface area contributed by atoms with Crippen LogP contribution in [0.25, 0.3) is 4.96 Å². The first-order chi connectivity index (χ1) is 5.70. The minimum atomic E-state index is -0.336. The molecule has 2 aromatic rings. The highest BCUT2D eigenvalue weighted by Crippen LogP contribution is 2.09. The van der Waals surface area contributed by atoms with Gasteiger partial charge >= 0.3 is 0 Å². The molecule has 0 saturated carbocycles. The first-order valence-electron chi connectivity index (χ1n) is 3.12. The van der Waals surface area contributed by atoms with E-state index in [0.29, 0.717) is 10.7 Å². The Bertz CT molecular complexity index is 489. The van der Waals surface area contributed by atoms with Gasteiger partial charge in [-0.2, -0.15) is 4.52 Å². The number of aryl methyl sites for hydroxylation is 1. The summed E-state index contributed by atoms with van der Waals surface area (Å²) in [5, 5.41) is 3.79. The molecule has 2 heterocycles. The number of nitrogens with zero attached hydrogens (tertiary/aromatic N) is 3. The highest BCUT2D eigenvalue weighted by Gasteiger charge is 2.08. The molecular formula is C6H3ClN3OS. The van der Waals surface area contributed by atoms with Crippen molar-refractivity contribution < 1.29 is 0 Å². The number of rotatable bonds is 0. The van der Waals surface area contributed by atoms with E-state index < -0.39 is 0 Å². The Balaban J connectivity index is 3.05. The van der Waals surface area contributed by atoms with Gasteiger partial charge < -0.3 is 0 Å². The third-order valence-corrected chi connectivity index (χ3v) is 2.47. The van der Waals surface area contributed by atoms with Gasteiger partial charge in [-0.15, -0.1) is 5.10 Å². The summed E-state index contributed by atoms with van der Waals surface area (Å²) in [5.74, 6) is 0. The van der Waals surface area contributed by atoms with Gasteiger partial charge in [0.2, 0.25) is 4.96 Å². The summed E-state index contributed by atoms with van der Waals surface area (Å²) in [6.45, 7) is 1.68. The maximum absolute atomic E-state index is 11.3. The lowest BCUT2D eigenvalue weighted by Crippen LogP contribution is -2.16. The van der Waals surface area contributed by atoms with Crippen molar-refractivity contribution in [3.05, 3.63) is 26.6 Å². The SMILES string of the molecule is Cc1nc2s[c]nn2c(=O)c1Cl. The predicted octanol–water partition coefficient (Wildman–Crippen LogP) is 0.913. The van der Waals surface area contributed by atoms with E-state index >= 15 is 0 Å². The molecular weight excluding hydrogens is 198 g/mol. The van der Waals surface area contributed by atoms with Crippen LogP contribution in [0.4, 0.5) is 0 Å². The van der Waals surface area contributed by atoms with Crippen molar-refractivity contribution in [2.45, 2.75) is 6.92 Å². The van der Waals surface area contributed by atoms with E-state index in [1.807, 2.05) is 0 Å². The standard InChI is InChI=1S/C6H3ClN3OS/c1-3-4(7)5(11)10-6(9-3)12-2-8-10/h1H3. The lowest BCUT2D eigenvalue weighted by Gasteiger charge is -1.94. The van der Waals surface area contributed by atoms with Gasteiger partial charge in [-0.25, -0.2) is 4.98 Å². The first kappa shape index (κ1) is 7.70. The average molecular weight is 201 g/mol. The highest BCUT2D eigenvalue weighted by molar-refractivity contribution is 7.14. The fraction of sp³-hybridized carbons (Fsp3) is 0.167.